The molecule has 0 aromatic heterocycles. The summed E-state index contributed by atoms with van der Waals surface area (Å²) < 4.78 is 23.1. The second kappa shape index (κ2) is 11.3. The number of nitrogens with one attached hydrogen (secondary N) is 1. The summed E-state index contributed by atoms with van der Waals surface area (Å²) in [5.74, 6) is -1.28. The Hall–Kier alpha value is -3.53. The molecule has 0 saturated carbocycles. The van der Waals surface area contributed by atoms with Gasteiger partial charge in [0.05, 0.1) is 43.6 Å². The first kappa shape index (κ1) is 27.1. The Labute approximate surface area is 232 Å². The van der Waals surface area contributed by atoms with Crippen LogP contribution in [0.2, 0.25) is 5.02 Å². The van der Waals surface area contributed by atoms with Crippen molar-refractivity contribution in [1.29, 1.82) is 0 Å². The van der Waals surface area contributed by atoms with Gasteiger partial charge in [-0.05, 0) is 37.5 Å². The number of dihydropyridines is 1. The first-order valence-corrected chi connectivity index (χ1v) is 13.2. The van der Waals surface area contributed by atoms with E-state index in [2.05, 4.69) is 23.5 Å². The quantitative estimate of drug-likeness (QED) is 0.204. The summed E-state index contributed by atoms with van der Waals surface area (Å²) in [6.07, 6.45) is 9.22. The highest BCUT2D eigenvalue weighted by molar-refractivity contribution is 6.33. The molecule has 1 saturated heterocycles. The molecule has 206 valence electrons. The number of fused-ring (bicyclic) bond motifs is 1. The highest BCUT2D eigenvalue weighted by Crippen LogP contribution is 2.41. The molecule has 4 atom stereocenters. The number of nitrogens with zero attached hydrogens (tertiary/aromatic N) is 1. The van der Waals surface area contributed by atoms with Crippen LogP contribution in [-0.4, -0.2) is 73.8 Å². The van der Waals surface area contributed by atoms with E-state index in [9.17, 15) is 14.7 Å². The van der Waals surface area contributed by atoms with Crippen LogP contribution >= 0.6 is 11.6 Å². The average molecular weight is 555 g/mol. The Kier molecular flexibility index (Phi) is 7.83. The van der Waals surface area contributed by atoms with Gasteiger partial charge in [0.2, 0.25) is 6.29 Å². The number of hydrogen-bond donors (Lipinski definition) is 2. The van der Waals surface area contributed by atoms with Crippen molar-refractivity contribution < 1.29 is 33.6 Å². The van der Waals surface area contributed by atoms with Gasteiger partial charge in [0.25, 0.3) is 0 Å². The molecule has 4 unspecified atom stereocenters. The largest absolute Gasteiger partial charge is 0.478 e. The van der Waals surface area contributed by atoms with Crippen LogP contribution in [0.1, 0.15) is 25.3 Å². The molecular weight excluding hydrogens is 524 g/mol. The molecule has 3 aliphatic heterocycles. The fourth-order valence-corrected chi connectivity index (χ4v) is 5.35. The first-order valence-electron chi connectivity index (χ1n) is 12.8. The number of halogens is 1. The molecule has 1 aliphatic carbocycles. The van der Waals surface area contributed by atoms with E-state index in [0.29, 0.717) is 28.8 Å². The predicted octanol–water partition coefficient (Wildman–Crippen LogP) is 3.79. The van der Waals surface area contributed by atoms with Crippen LogP contribution in [0, 0.1) is 0 Å². The Bertz CT molecular complexity index is 1320. The topological polar surface area (TPSA) is 110 Å². The maximum atomic E-state index is 13.2. The molecule has 1 aromatic rings. The van der Waals surface area contributed by atoms with Gasteiger partial charge in [0.1, 0.15) is 6.10 Å². The number of hydrogen-bond acceptors (Lipinski definition) is 8. The second-order valence-electron chi connectivity index (χ2n) is 9.71. The zero-order valence-electron chi connectivity index (χ0n) is 22.0. The minimum absolute atomic E-state index is 0.00134. The van der Waals surface area contributed by atoms with Gasteiger partial charge in [-0.3, -0.25) is 0 Å². The average Bonchev–Trinajstić information content (AvgIpc) is 3.78. The van der Waals surface area contributed by atoms with E-state index in [4.69, 9.17) is 30.5 Å². The molecule has 2 N–H and O–H groups in total. The zero-order valence-corrected chi connectivity index (χ0v) is 22.7. The van der Waals surface area contributed by atoms with Crippen LogP contribution < -0.4 is 5.32 Å². The van der Waals surface area contributed by atoms with Crippen molar-refractivity contribution in [2.24, 2.45) is 0 Å². The zero-order chi connectivity index (χ0) is 27.7. The molecule has 0 radical (unpaired) electrons. The smallest absolute Gasteiger partial charge is 0.338 e. The number of epoxide rings is 1. The third-order valence-corrected chi connectivity index (χ3v) is 7.70. The van der Waals surface area contributed by atoms with Crippen molar-refractivity contribution in [2.75, 3.05) is 27.4 Å². The lowest BCUT2D eigenvalue weighted by Crippen LogP contribution is -2.45. The van der Waals surface area contributed by atoms with Crippen molar-refractivity contribution in [3.8, 4) is 0 Å². The molecule has 9 nitrogen and oxygen atoms in total. The summed E-state index contributed by atoms with van der Waals surface area (Å²) in [4.78, 5) is 27.4. The lowest BCUT2D eigenvalue weighted by molar-refractivity contribution is -0.145. The molecule has 5 rings (SSSR count). The number of likely N-dealkylation sites (N-methyl/N-ethyl adjacent to an activating group) is 1. The minimum atomic E-state index is -1.18. The van der Waals surface area contributed by atoms with Crippen molar-refractivity contribution in [1.82, 2.24) is 10.2 Å². The molecule has 0 amide bonds. The van der Waals surface area contributed by atoms with Gasteiger partial charge in [0, 0.05) is 28.9 Å². The van der Waals surface area contributed by atoms with Gasteiger partial charge in [-0.2, -0.15) is 0 Å². The molecular formula is C29H31ClN2O7. The van der Waals surface area contributed by atoms with E-state index in [0.717, 1.165) is 12.8 Å². The second-order valence-corrected chi connectivity index (χ2v) is 10.1. The van der Waals surface area contributed by atoms with Gasteiger partial charge in [-0.1, -0.05) is 48.0 Å². The maximum Gasteiger partial charge on any atom is 0.338 e. The first-order chi connectivity index (χ1) is 18.8. The summed E-state index contributed by atoms with van der Waals surface area (Å²) in [6.45, 7) is 2.18. The number of carbonyl (C=O) groups excluding carboxylic acids is 1. The van der Waals surface area contributed by atoms with Gasteiger partial charge < -0.3 is 34.3 Å². The number of carboxylic acids is 1. The van der Waals surface area contributed by atoms with Crippen molar-refractivity contribution >= 4 is 29.1 Å². The Morgan fingerprint density at radius 2 is 2.05 bits per heavy atom. The number of rotatable bonds is 9. The number of carbonyl (C=O) groups is 2. The summed E-state index contributed by atoms with van der Waals surface area (Å²) >= 11 is 6.50. The standard InChI is InChI=1S/C29H31ClN2O7/c1-16-24(27(33)34)25(18-9-5-6-10-19(18)30)26(28(35)36-3)21(32(16)2)14-38-29(22-15-37-22)39-23-13-12-17-8-4-7-11-20(17)31-23/h5-7,9-13,20-22,29,31H,4,8,14-15H2,1-3H3,(H,33,34). The third-order valence-electron chi connectivity index (χ3n) is 7.37. The van der Waals surface area contributed by atoms with Crippen molar-refractivity contribution in [3.05, 3.63) is 87.5 Å². The van der Waals surface area contributed by atoms with Crippen molar-refractivity contribution in [2.45, 2.75) is 44.2 Å². The summed E-state index contributed by atoms with van der Waals surface area (Å²) in [5.41, 5.74) is 2.50. The maximum absolute atomic E-state index is 13.2. The summed E-state index contributed by atoms with van der Waals surface area (Å²) in [6, 6.07) is 6.22. The van der Waals surface area contributed by atoms with E-state index in [1.165, 1.54) is 12.7 Å². The van der Waals surface area contributed by atoms with E-state index >= 15 is 0 Å². The summed E-state index contributed by atoms with van der Waals surface area (Å²) in [7, 11) is 2.98. The van der Waals surface area contributed by atoms with Crippen molar-refractivity contribution in [3.63, 3.8) is 0 Å². The third kappa shape index (κ3) is 5.48. The number of aliphatic carboxylic acids is 1. The molecule has 39 heavy (non-hydrogen) atoms. The van der Waals surface area contributed by atoms with E-state index < -0.39 is 24.3 Å². The van der Waals surface area contributed by atoms with Crippen LogP contribution in [0.15, 0.2) is 76.9 Å². The lowest BCUT2D eigenvalue weighted by atomic mass is 9.84. The Morgan fingerprint density at radius 1 is 1.28 bits per heavy atom. The predicted molar refractivity (Wildman–Crippen MR) is 144 cm³/mol. The molecule has 10 heteroatoms. The highest BCUT2D eigenvalue weighted by atomic mass is 35.5. The highest BCUT2D eigenvalue weighted by Gasteiger charge is 2.42. The number of carboxylic acid groups (broad SMARTS) is 1. The molecule has 1 fully saturated rings. The number of esters is 1. The molecule has 0 bridgehead atoms. The van der Waals surface area contributed by atoms with Crippen LogP contribution in [0.3, 0.4) is 0 Å². The Morgan fingerprint density at radius 3 is 2.74 bits per heavy atom. The Balaban J connectivity index is 1.46. The number of allylic oxidation sites excluding steroid dienone is 4. The SMILES string of the molecule is COC(=O)C1=C(c2ccccc2Cl)C(C(=O)O)=C(C)N(C)C1COC(OC1=CC=C2CCC=CC2N1)C1CO1. The van der Waals surface area contributed by atoms with Crippen LogP contribution in [-0.2, 0) is 28.5 Å². The number of methoxy groups -OCH3 is 1. The van der Waals surface area contributed by atoms with Crippen LogP contribution in [0.4, 0.5) is 0 Å². The number of ether oxygens (including phenoxy) is 4. The van der Waals surface area contributed by atoms with Gasteiger partial charge in [-0.25, -0.2) is 9.59 Å². The van der Waals surface area contributed by atoms with Gasteiger partial charge in [0.15, 0.2) is 5.88 Å². The lowest BCUT2D eigenvalue weighted by Gasteiger charge is -2.38. The van der Waals surface area contributed by atoms with E-state index in [1.807, 2.05) is 6.08 Å². The monoisotopic (exact) mass is 554 g/mol. The number of benzene rings is 1. The van der Waals surface area contributed by atoms with E-state index in [-0.39, 0.29) is 35.5 Å². The minimum Gasteiger partial charge on any atom is -0.478 e. The van der Waals surface area contributed by atoms with Crippen LogP contribution in [0.5, 0.6) is 0 Å². The van der Waals surface area contributed by atoms with Crippen LogP contribution in [0.25, 0.3) is 5.57 Å². The van der Waals surface area contributed by atoms with Gasteiger partial charge >= 0.3 is 11.9 Å². The molecule has 4 aliphatic rings. The van der Waals surface area contributed by atoms with E-state index in [1.54, 1.807) is 43.1 Å². The van der Waals surface area contributed by atoms with Gasteiger partial charge in [-0.15, -0.1) is 0 Å². The summed E-state index contributed by atoms with van der Waals surface area (Å²) in [5, 5.41) is 13.9. The molecule has 1 aromatic carbocycles. The molecule has 3 heterocycles. The fraction of sp³-hybridized carbons (Fsp3) is 0.379. The molecule has 0 spiro atoms. The normalized spacial score (nSPS) is 24.8. The fourth-order valence-electron chi connectivity index (χ4n) is 5.12.